The summed E-state index contributed by atoms with van der Waals surface area (Å²) in [6.07, 6.45) is 0. The SMILES string of the molecule is CC(CN)C(=O)NCc1ccccc1N(C)C. The Morgan fingerprint density at radius 3 is 2.65 bits per heavy atom. The van der Waals surface area contributed by atoms with E-state index in [1.54, 1.807) is 0 Å². The standard InChI is InChI=1S/C13H21N3O/c1-10(8-14)13(17)15-9-11-6-4-5-7-12(11)16(2)3/h4-7,10H,8-9,14H2,1-3H3,(H,15,17). The summed E-state index contributed by atoms with van der Waals surface area (Å²) in [5.41, 5.74) is 7.68. The largest absolute Gasteiger partial charge is 0.377 e. The van der Waals surface area contributed by atoms with Crippen LogP contribution in [0.15, 0.2) is 24.3 Å². The first-order chi connectivity index (χ1) is 8.06. The van der Waals surface area contributed by atoms with Crippen molar-refractivity contribution in [3.63, 3.8) is 0 Å². The Kier molecular flexibility index (Phi) is 4.97. The number of hydrogen-bond acceptors (Lipinski definition) is 3. The molecule has 0 spiro atoms. The van der Waals surface area contributed by atoms with Gasteiger partial charge in [-0.05, 0) is 11.6 Å². The second kappa shape index (κ2) is 6.25. The molecule has 0 heterocycles. The molecule has 17 heavy (non-hydrogen) atoms. The maximum atomic E-state index is 11.6. The smallest absolute Gasteiger partial charge is 0.224 e. The summed E-state index contributed by atoms with van der Waals surface area (Å²) < 4.78 is 0. The van der Waals surface area contributed by atoms with E-state index in [4.69, 9.17) is 5.73 Å². The van der Waals surface area contributed by atoms with Crippen molar-refractivity contribution in [1.82, 2.24) is 5.32 Å². The van der Waals surface area contributed by atoms with Crippen LogP contribution in [0.25, 0.3) is 0 Å². The van der Waals surface area contributed by atoms with Gasteiger partial charge in [-0.3, -0.25) is 4.79 Å². The third kappa shape index (κ3) is 3.75. The highest BCUT2D eigenvalue weighted by atomic mass is 16.1. The molecule has 94 valence electrons. The lowest BCUT2D eigenvalue weighted by Gasteiger charge is -2.18. The van der Waals surface area contributed by atoms with Crippen LogP contribution in [0.5, 0.6) is 0 Å². The molecule has 1 amide bonds. The van der Waals surface area contributed by atoms with E-state index in [1.165, 1.54) is 0 Å². The zero-order chi connectivity index (χ0) is 12.8. The number of nitrogens with two attached hydrogens (primary N) is 1. The van der Waals surface area contributed by atoms with Gasteiger partial charge in [0.1, 0.15) is 0 Å². The van der Waals surface area contributed by atoms with Crippen molar-refractivity contribution in [2.45, 2.75) is 13.5 Å². The third-order valence-corrected chi connectivity index (χ3v) is 2.73. The maximum absolute atomic E-state index is 11.6. The zero-order valence-corrected chi connectivity index (χ0v) is 10.7. The molecule has 1 aromatic carbocycles. The summed E-state index contributed by atoms with van der Waals surface area (Å²) in [7, 11) is 3.98. The van der Waals surface area contributed by atoms with E-state index in [9.17, 15) is 4.79 Å². The van der Waals surface area contributed by atoms with Gasteiger partial charge in [-0.1, -0.05) is 25.1 Å². The number of anilines is 1. The van der Waals surface area contributed by atoms with Crippen LogP contribution in [0.1, 0.15) is 12.5 Å². The van der Waals surface area contributed by atoms with Gasteiger partial charge >= 0.3 is 0 Å². The summed E-state index contributed by atoms with van der Waals surface area (Å²) in [6.45, 7) is 2.74. The Bertz CT molecular complexity index is 377. The number of nitrogens with one attached hydrogen (secondary N) is 1. The molecular weight excluding hydrogens is 214 g/mol. The molecule has 0 aliphatic rings. The molecule has 0 saturated heterocycles. The summed E-state index contributed by atoms with van der Waals surface area (Å²) in [6, 6.07) is 8.01. The van der Waals surface area contributed by atoms with Crippen molar-refractivity contribution < 1.29 is 4.79 Å². The lowest BCUT2D eigenvalue weighted by molar-refractivity contribution is -0.124. The average Bonchev–Trinajstić information content (AvgIpc) is 2.35. The van der Waals surface area contributed by atoms with E-state index in [0.717, 1.165) is 11.3 Å². The molecule has 0 bridgehead atoms. The molecule has 0 radical (unpaired) electrons. The molecule has 0 fully saturated rings. The van der Waals surface area contributed by atoms with Crippen molar-refractivity contribution in [3.8, 4) is 0 Å². The molecule has 1 aromatic rings. The summed E-state index contributed by atoms with van der Waals surface area (Å²) in [5, 5.41) is 2.90. The molecular formula is C13H21N3O. The van der Waals surface area contributed by atoms with Gasteiger partial charge in [0.25, 0.3) is 0 Å². The van der Waals surface area contributed by atoms with E-state index in [2.05, 4.69) is 5.32 Å². The predicted molar refractivity (Wildman–Crippen MR) is 70.8 cm³/mol. The first-order valence-corrected chi connectivity index (χ1v) is 5.79. The Morgan fingerprint density at radius 1 is 1.41 bits per heavy atom. The second-order valence-corrected chi connectivity index (χ2v) is 4.38. The minimum Gasteiger partial charge on any atom is -0.377 e. The van der Waals surface area contributed by atoms with E-state index in [1.807, 2.05) is 50.2 Å². The van der Waals surface area contributed by atoms with Crippen molar-refractivity contribution in [3.05, 3.63) is 29.8 Å². The number of carbonyl (C=O) groups excluding carboxylic acids is 1. The molecule has 0 saturated carbocycles. The number of hydrogen-bond donors (Lipinski definition) is 2. The highest BCUT2D eigenvalue weighted by Crippen LogP contribution is 2.17. The van der Waals surface area contributed by atoms with Gasteiger partial charge in [0.15, 0.2) is 0 Å². The van der Waals surface area contributed by atoms with Crippen LogP contribution in [0.2, 0.25) is 0 Å². The van der Waals surface area contributed by atoms with Crippen molar-refractivity contribution in [2.75, 3.05) is 25.5 Å². The predicted octanol–water partition coefficient (Wildman–Crippen LogP) is 0.964. The number of amides is 1. The number of para-hydroxylation sites is 1. The van der Waals surface area contributed by atoms with E-state index < -0.39 is 0 Å². The van der Waals surface area contributed by atoms with Crippen LogP contribution in [0.4, 0.5) is 5.69 Å². The lowest BCUT2D eigenvalue weighted by atomic mass is 10.1. The quantitative estimate of drug-likeness (QED) is 0.799. The summed E-state index contributed by atoms with van der Waals surface area (Å²) in [4.78, 5) is 13.7. The van der Waals surface area contributed by atoms with Gasteiger partial charge in [0.2, 0.25) is 5.91 Å². The topological polar surface area (TPSA) is 58.4 Å². The van der Waals surface area contributed by atoms with Crippen LogP contribution in [0.3, 0.4) is 0 Å². The molecule has 3 N–H and O–H groups in total. The van der Waals surface area contributed by atoms with Gasteiger partial charge < -0.3 is 16.0 Å². The average molecular weight is 235 g/mol. The number of carbonyl (C=O) groups is 1. The van der Waals surface area contributed by atoms with Crippen molar-refractivity contribution >= 4 is 11.6 Å². The molecule has 1 atom stereocenters. The highest BCUT2D eigenvalue weighted by molar-refractivity contribution is 5.78. The second-order valence-electron chi connectivity index (χ2n) is 4.38. The van der Waals surface area contributed by atoms with E-state index in [-0.39, 0.29) is 11.8 Å². The first kappa shape index (κ1) is 13.5. The molecule has 4 heteroatoms. The van der Waals surface area contributed by atoms with Gasteiger partial charge in [0, 0.05) is 38.8 Å². The van der Waals surface area contributed by atoms with Gasteiger partial charge in [-0.2, -0.15) is 0 Å². The lowest BCUT2D eigenvalue weighted by Crippen LogP contribution is -2.33. The van der Waals surface area contributed by atoms with E-state index in [0.29, 0.717) is 13.1 Å². The number of nitrogens with zero attached hydrogens (tertiary/aromatic N) is 1. The molecule has 0 aliphatic carbocycles. The van der Waals surface area contributed by atoms with Crippen LogP contribution in [-0.4, -0.2) is 26.5 Å². The van der Waals surface area contributed by atoms with Crippen molar-refractivity contribution in [2.24, 2.45) is 11.7 Å². The van der Waals surface area contributed by atoms with Gasteiger partial charge in [0.05, 0.1) is 0 Å². The van der Waals surface area contributed by atoms with Crippen LogP contribution in [-0.2, 0) is 11.3 Å². The number of benzene rings is 1. The summed E-state index contributed by atoms with van der Waals surface area (Å²) >= 11 is 0. The Hall–Kier alpha value is -1.55. The first-order valence-electron chi connectivity index (χ1n) is 5.79. The maximum Gasteiger partial charge on any atom is 0.224 e. The van der Waals surface area contributed by atoms with Crippen molar-refractivity contribution in [1.29, 1.82) is 0 Å². The fourth-order valence-corrected chi connectivity index (χ4v) is 1.56. The van der Waals surface area contributed by atoms with Crippen LogP contribution in [0, 0.1) is 5.92 Å². The fraction of sp³-hybridized carbons (Fsp3) is 0.462. The molecule has 0 aromatic heterocycles. The Morgan fingerprint density at radius 2 is 2.06 bits per heavy atom. The van der Waals surface area contributed by atoms with Gasteiger partial charge in [-0.25, -0.2) is 0 Å². The molecule has 4 nitrogen and oxygen atoms in total. The minimum atomic E-state index is -0.137. The molecule has 0 aliphatic heterocycles. The highest BCUT2D eigenvalue weighted by Gasteiger charge is 2.11. The van der Waals surface area contributed by atoms with Crippen LogP contribution < -0.4 is 16.0 Å². The normalized spacial score (nSPS) is 12.0. The zero-order valence-electron chi connectivity index (χ0n) is 10.7. The summed E-state index contributed by atoms with van der Waals surface area (Å²) in [5.74, 6) is -0.137. The van der Waals surface area contributed by atoms with Gasteiger partial charge in [-0.15, -0.1) is 0 Å². The number of rotatable bonds is 5. The Balaban J connectivity index is 2.66. The van der Waals surface area contributed by atoms with Crippen LogP contribution >= 0.6 is 0 Å². The minimum absolute atomic E-state index is 0.000981. The molecule has 1 rings (SSSR count). The third-order valence-electron chi connectivity index (χ3n) is 2.73. The monoisotopic (exact) mass is 235 g/mol. The Labute approximate surface area is 103 Å². The molecule has 1 unspecified atom stereocenters. The van der Waals surface area contributed by atoms with E-state index >= 15 is 0 Å². The fourth-order valence-electron chi connectivity index (χ4n) is 1.56.